The fourth-order valence-electron chi connectivity index (χ4n) is 3.19. The summed E-state index contributed by atoms with van der Waals surface area (Å²) in [6.45, 7) is 1.76. The maximum Gasteiger partial charge on any atom is 0.241 e. The first kappa shape index (κ1) is 15.4. The van der Waals surface area contributed by atoms with Gasteiger partial charge in [0.1, 0.15) is 5.75 Å². The molecule has 1 aliphatic rings. The van der Waals surface area contributed by atoms with Crippen molar-refractivity contribution in [3.8, 4) is 17.1 Å². The molecule has 124 valence electrons. The van der Waals surface area contributed by atoms with Crippen LogP contribution in [0.5, 0.6) is 5.75 Å². The maximum absolute atomic E-state index is 5.48. The average Bonchev–Trinajstić information content (AvgIpc) is 3.36. The molecule has 1 saturated heterocycles. The van der Waals surface area contributed by atoms with Gasteiger partial charge in [0.15, 0.2) is 0 Å². The summed E-state index contributed by atoms with van der Waals surface area (Å²) in [4.78, 5) is 8.41. The SMILES string of the molecule is COc1cccc(-c2noc(CN3CCC[C@H]3c3cccs3)n2)c1. The highest BCUT2D eigenvalue weighted by molar-refractivity contribution is 7.10. The average molecular weight is 341 g/mol. The smallest absolute Gasteiger partial charge is 0.241 e. The standard InChI is InChI=1S/C18H19N3O2S/c1-22-14-6-2-5-13(11-14)18-19-17(23-20-18)12-21-9-3-7-15(21)16-8-4-10-24-16/h2,4-6,8,10-11,15H,3,7,9,12H2,1H3/t15-/m0/s1. The van der Waals surface area contributed by atoms with E-state index in [0.717, 1.165) is 17.9 Å². The molecule has 0 saturated carbocycles. The summed E-state index contributed by atoms with van der Waals surface area (Å²) in [7, 11) is 1.65. The second kappa shape index (κ2) is 6.75. The molecule has 0 unspecified atom stereocenters. The molecule has 2 aromatic heterocycles. The predicted molar refractivity (Wildman–Crippen MR) is 93.0 cm³/mol. The van der Waals surface area contributed by atoms with Crippen molar-refractivity contribution < 1.29 is 9.26 Å². The zero-order valence-corrected chi connectivity index (χ0v) is 14.3. The van der Waals surface area contributed by atoms with E-state index in [2.05, 4.69) is 32.6 Å². The van der Waals surface area contributed by atoms with Crippen LogP contribution in [-0.4, -0.2) is 28.7 Å². The number of likely N-dealkylation sites (tertiary alicyclic amines) is 1. The number of ether oxygens (including phenoxy) is 1. The highest BCUT2D eigenvalue weighted by Gasteiger charge is 2.28. The molecule has 4 rings (SSSR count). The van der Waals surface area contributed by atoms with Crippen LogP contribution in [0.15, 0.2) is 46.3 Å². The molecule has 24 heavy (non-hydrogen) atoms. The maximum atomic E-state index is 5.48. The minimum Gasteiger partial charge on any atom is -0.497 e. The van der Waals surface area contributed by atoms with Crippen LogP contribution in [0.25, 0.3) is 11.4 Å². The molecule has 0 spiro atoms. The van der Waals surface area contributed by atoms with Gasteiger partial charge in [-0.2, -0.15) is 4.98 Å². The molecule has 1 fully saturated rings. The van der Waals surface area contributed by atoms with E-state index < -0.39 is 0 Å². The number of benzene rings is 1. The van der Waals surface area contributed by atoms with Crippen molar-refractivity contribution in [1.29, 1.82) is 0 Å². The number of hydrogen-bond donors (Lipinski definition) is 0. The highest BCUT2D eigenvalue weighted by Crippen LogP contribution is 2.35. The molecule has 0 N–H and O–H groups in total. The van der Waals surface area contributed by atoms with Crippen LogP contribution >= 0.6 is 11.3 Å². The number of aromatic nitrogens is 2. The van der Waals surface area contributed by atoms with Gasteiger partial charge in [0.2, 0.25) is 11.7 Å². The van der Waals surface area contributed by atoms with E-state index >= 15 is 0 Å². The second-order valence-electron chi connectivity index (χ2n) is 5.89. The van der Waals surface area contributed by atoms with Crippen LogP contribution in [0.1, 0.15) is 29.7 Å². The van der Waals surface area contributed by atoms with E-state index in [1.165, 1.54) is 17.7 Å². The van der Waals surface area contributed by atoms with Crippen molar-refractivity contribution in [2.45, 2.75) is 25.4 Å². The molecule has 3 heterocycles. The predicted octanol–water partition coefficient (Wildman–Crippen LogP) is 4.14. The second-order valence-corrected chi connectivity index (χ2v) is 6.87. The zero-order valence-electron chi connectivity index (χ0n) is 13.5. The van der Waals surface area contributed by atoms with Gasteiger partial charge in [-0.05, 0) is 43.0 Å². The van der Waals surface area contributed by atoms with Crippen LogP contribution in [-0.2, 0) is 6.54 Å². The molecule has 0 radical (unpaired) electrons. The van der Waals surface area contributed by atoms with Crippen LogP contribution < -0.4 is 4.74 Å². The summed E-state index contributed by atoms with van der Waals surface area (Å²) in [5, 5.41) is 6.26. The Balaban J connectivity index is 1.51. The van der Waals surface area contributed by atoms with Gasteiger partial charge in [0.25, 0.3) is 0 Å². The molecular formula is C18H19N3O2S. The van der Waals surface area contributed by atoms with Crippen LogP contribution in [0.4, 0.5) is 0 Å². The first-order chi connectivity index (χ1) is 11.8. The molecule has 1 aromatic carbocycles. The topological polar surface area (TPSA) is 51.4 Å². The molecular weight excluding hydrogens is 322 g/mol. The van der Waals surface area contributed by atoms with E-state index in [9.17, 15) is 0 Å². The quantitative estimate of drug-likeness (QED) is 0.698. The minimum absolute atomic E-state index is 0.470. The van der Waals surface area contributed by atoms with Crippen LogP contribution in [0, 0.1) is 0 Å². The zero-order chi connectivity index (χ0) is 16.4. The molecule has 5 nitrogen and oxygen atoms in total. The van der Waals surface area contributed by atoms with E-state index in [1.807, 2.05) is 35.6 Å². The van der Waals surface area contributed by atoms with Gasteiger partial charge in [0.05, 0.1) is 13.7 Å². The first-order valence-corrected chi connectivity index (χ1v) is 8.96. The number of methoxy groups -OCH3 is 1. The lowest BCUT2D eigenvalue weighted by Crippen LogP contribution is -2.22. The molecule has 1 aliphatic heterocycles. The van der Waals surface area contributed by atoms with Gasteiger partial charge in [-0.1, -0.05) is 23.4 Å². The van der Waals surface area contributed by atoms with Crippen molar-refractivity contribution in [3.05, 3.63) is 52.5 Å². The lowest BCUT2D eigenvalue weighted by Gasteiger charge is -2.21. The van der Waals surface area contributed by atoms with Crippen LogP contribution in [0.2, 0.25) is 0 Å². The van der Waals surface area contributed by atoms with Crippen molar-refractivity contribution >= 4 is 11.3 Å². The summed E-state index contributed by atoms with van der Waals surface area (Å²) in [6.07, 6.45) is 2.40. The monoisotopic (exact) mass is 341 g/mol. The molecule has 6 heteroatoms. The summed E-state index contributed by atoms with van der Waals surface area (Å²) in [5.74, 6) is 2.06. The Morgan fingerprint density at radius 3 is 3.12 bits per heavy atom. The Morgan fingerprint density at radius 1 is 1.33 bits per heavy atom. The Hall–Kier alpha value is -2.18. The summed E-state index contributed by atoms with van der Waals surface area (Å²) in [6, 6.07) is 12.5. The third kappa shape index (κ3) is 3.07. The third-order valence-corrected chi connectivity index (χ3v) is 5.34. The lowest BCUT2D eigenvalue weighted by molar-refractivity contribution is 0.214. The Kier molecular flexibility index (Phi) is 4.32. The van der Waals surface area contributed by atoms with Crippen molar-refractivity contribution in [2.24, 2.45) is 0 Å². The Labute approximate surface area is 144 Å². The normalized spacial score (nSPS) is 18.1. The van der Waals surface area contributed by atoms with Gasteiger partial charge >= 0.3 is 0 Å². The summed E-state index contributed by atoms with van der Waals surface area (Å²) < 4.78 is 10.7. The fourth-order valence-corrected chi connectivity index (χ4v) is 4.09. The van der Waals surface area contributed by atoms with E-state index in [0.29, 0.717) is 24.3 Å². The first-order valence-electron chi connectivity index (χ1n) is 8.08. The van der Waals surface area contributed by atoms with Gasteiger partial charge in [-0.15, -0.1) is 11.3 Å². The van der Waals surface area contributed by atoms with Crippen molar-refractivity contribution in [3.63, 3.8) is 0 Å². The van der Waals surface area contributed by atoms with E-state index in [4.69, 9.17) is 9.26 Å². The fraction of sp³-hybridized carbons (Fsp3) is 0.333. The largest absolute Gasteiger partial charge is 0.497 e. The molecule has 0 bridgehead atoms. The van der Waals surface area contributed by atoms with Crippen LogP contribution in [0.3, 0.4) is 0 Å². The minimum atomic E-state index is 0.470. The summed E-state index contributed by atoms with van der Waals surface area (Å²) in [5.41, 5.74) is 0.903. The van der Waals surface area contributed by atoms with Crippen molar-refractivity contribution in [2.75, 3.05) is 13.7 Å². The Bertz CT molecular complexity index is 800. The van der Waals surface area contributed by atoms with Gasteiger partial charge in [-0.3, -0.25) is 4.90 Å². The number of thiophene rings is 1. The summed E-state index contributed by atoms with van der Waals surface area (Å²) >= 11 is 1.82. The van der Waals surface area contributed by atoms with Gasteiger partial charge in [0, 0.05) is 16.5 Å². The van der Waals surface area contributed by atoms with E-state index in [-0.39, 0.29) is 0 Å². The molecule has 0 amide bonds. The Morgan fingerprint density at radius 2 is 2.29 bits per heavy atom. The van der Waals surface area contributed by atoms with E-state index in [1.54, 1.807) is 7.11 Å². The number of hydrogen-bond acceptors (Lipinski definition) is 6. The lowest BCUT2D eigenvalue weighted by atomic mass is 10.2. The molecule has 3 aromatic rings. The highest BCUT2D eigenvalue weighted by atomic mass is 32.1. The molecule has 0 aliphatic carbocycles. The van der Waals surface area contributed by atoms with Gasteiger partial charge in [-0.25, -0.2) is 0 Å². The number of nitrogens with zero attached hydrogens (tertiary/aromatic N) is 3. The third-order valence-electron chi connectivity index (χ3n) is 4.37. The van der Waals surface area contributed by atoms with Crippen molar-refractivity contribution in [1.82, 2.24) is 15.0 Å². The number of rotatable bonds is 5. The molecule has 1 atom stereocenters. The van der Waals surface area contributed by atoms with Gasteiger partial charge < -0.3 is 9.26 Å².